The monoisotopic (exact) mass is 558 g/mol. The number of ether oxygens (including phenoxy) is 1. The van der Waals surface area contributed by atoms with Gasteiger partial charge in [-0.25, -0.2) is 0 Å². The standard InChI is InChI=1S/C27H31IN2O3/c1-3-27-11-10-23(22-9-8-21(33-13-12-31)14-20(22)16-29)24(25(27)17(2)30-26(27)32)19-6-4-18(15-28)5-7-19/h4-9,14,17,23-25,31H,3,10-13,15H2,1-2H3,(H,30,32)/t17-,23+,24+,25+,27-/m1/s1. The molecule has 5 nitrogen and oxygen atoms in total. The second-order valence-corrected chi connectivity index (χ2v) is 10.0. The molecule has 0 bridgehead atoms. The highest BCUT2D eigenvalue weighted by Crippen LogP contribution is 2.60. The second-order valence-electron chi connectivity index (χ2n) is 9.28. The maximum atomic E-state index is 13.2. The van der Waals surface area contributed by atoms with E-state index in [1.807, 2.05) is 12.1 Å². The second kappa shape index (κ2) is 10.0. The molecule has 174 valence electrons. The van der Waals surface area contributed by atoms with Crippen molar-refractivity contribution in [1.29, 1.82) is 5.26 Å². The largest absolute Gasteiger partial charge is 0.491 e. The Hall–Kier alpha value is -2.11. The summed E-state index contributed by atoms with van der Waals surface area (Å²) in [4.78, 5) is 13.2. The highest BCUT2D eigenvalue weighted by Gasteiger charge is 2.59. The van der Waals surface area contributed by atoms with Gasteiger partial charge in [0.25, 0.3) is 0 Å². The van der Waals surface area contributed by atoms with E-state index in [0.717, 1.165) is 29.3 Å². The van der Waals surface area contributed by atoms with Gasteiger partial charge in [-0.15, -0.1) is 0 Å². The quantitative estimate of drug-likeness (QED) is 0.368. The summed E-state index contributed by atoms with van der Waals surface area (Å²) in [5, 5.41) is 22.3. The minimum absolute atomic E-state index is 0.0682. The molecule has 0 aromatic heterocycles. The molecular weight excluding hydrogens is 527 g/mol. The summed E-state index contributed by atoms with van der Waals surface area (Å²) in [7, 11) is 0. The van der Waals surface area contributed by atoms with E-state index in [-0.39, 0.29) is 48.3 Å². The van der Waals surface area contributed by atoms with Crippen LogP contribution in [0.2, 0.25) is 0 Å². The smallest absolute Gasteiger partial charge is 0.226 e. The van der Waals surface area contributed by atoms with Crippen molar-refractivity contribution in [1.82, 2.24) is 5.32 Å². The van der Waals surface area contributed by atoms with E-state index in [9.17, 15) is 10.1 Å². The molecule has 2 aliphatic rings. The van der Waals surface area contributed by atoms with Gasteiger partial charge in [0.1, 0.15) is 12.4 Å². The molecular formula is C27H31IN2O3. The van der Waals surface area contributed by atoms with E-state index in [0.29, 0.717) is 11.3 Å². The van der Waals surface area contributed by atoms with Gasteiger partial charge in [-0.2, -0.15) is 5.26 Å². The van der Waals surface area contributed by atoms with Crippen molar-refractivity contribution in [3.63, 3.8) is 0 Å². The van der Waals surface area contributed by atoms with Crippen LogP contribution in [-0.2, 0) is 9.22 Å². The average Bonchev–Trinajstić information content (AvgIpc) is 3.11. The topological polar surface area (TPSA) is 82.3 Å². The Morgan fingerprint density at radius 1 is 1.27 bits per heavy atom. The zero-order valence-electron chi connectivity index (χ0n) is 19.2. The van der Waals surface area contributed by atoms with Gasteiger partial charge in [-0.3, -0.25) is 4.79 Å². The van der Waals surface area contributed by atoms with Crippen LogP contribution >= 0.6 is 22.6 Å². The zero-order valence-corrected chi connectivity index (χ0v) is 21.3. The summed E-state index contributed by atoms with van der Waals surface area (Å²) >= 11 is 2.38. The molecule has 6 heteroatoms. The summed E-state index contributed by atoms with van der Waals surface area (Å²) in [5.41, 5.74) is 3.79. The van der Waals surface area contributed by atoms with Crippen LogP contribution in [0.1, 0.15) is 67.2 Å². The predicted molar refractivity (Wildman–Crippen MR) is 136 cm³/mol. The van der Waals surface area contributed by atoms with Crippen LogP contribution in [-0.4, -0.2) is 30.3 Å². The number of nitriles is 1. The third-order valence-corrected chi connectivity index (χ3v) is 8.64. The molecule has 2 fully saturated rings. The van der Waals surface area contributed by atoms with Crippen LogP contribution in [0.5, 0.6) is 5.75 Å². The highest BCUT2D eigenvalue weighted by atomic mass is 127. The van der Waals surface area contributed by atoms with E-state index >= 15 is 0 Å². The third-order valence-electron chi connectivity index (χ3n) is 7.76. The Balaban J connectivity index is 1.82. The maximum absolute atomic E-state index is 13.2. The first-order valence-corrected chi connectivity index (χ1v) is 13.2. The molecule has 5 atom stereocenters. The minimum Gasteiger partial charge on any atom is -0.491 e. The predicted octanol–water partition coefficient (Wildman–Crippen LogP) is 5.06. The number of halogens is 1. The van der Waals surface area contributed by atoms with Gasteiger partial charge in [0.2, 0.25) is 5.91 Å². The van der Waals surface area contributed by atoms with E-state index in [4.69, 9.17) is 9.84 Å². The van der Waals surface area contributed by atoms with E-state index in [1.165, 1.54) is 11.1 Å². The Labute approximate surface area is 209 Å². The molecule has 2 N–H and O–H groups in total. The molecule has 0 radical (unpaired) electrons. The van der Waals surface area contributed by atoms with Gasteiger partial charge in [-0.05, 0) is 66.8 Å². The molecule has 2 aromatic carbocycles. The van der Waals surface area contributed by atoms with Crippen LogP contribution in [0.4, 0.5) is 0 Å². The number of fused-ring (bicyclic) bond motifs is 1. The third kappa shape index (κ3) is 4.26. The first kappa shape index (κ1) is 24.0. The zero-order chi connectivity index (χ0) is 23.6. The van der Waals surface area contributed by atoms with E-state index in [2.05, 4.69) is 72.1 Å². The SMILES string of the molecule is CC[C@@]12CC[C@@H](c3ccc(OCCO)cc3C#N)[C@H](c3ccc(CI)cc3)[C@@H]1[C@@H](C)NC2=O. The molecule has 0 unspecified atom stereocenters. The van der Waals surface area contributed by atoms with Crippen LogP contribution in [0, 0.1) is 22.7 Å². The lowest BCUT2D eigenvalue weighted by atomic mass is 9.54. The fourth-order valence-electron chi connectivity index (χ4n) is 6.25. The number of amides is 1. The lowest BCUT2D eigenvalue weighted by Crippen LogP contribution is -2.44. The van der Waals surface area contributed by atoms with Crippen molar-refractivity contribution < 1.29 is 14.6 Å². The van der Waals surface area contributed by atoms with E-state index in [1.54, 1.807) is 6.07 Å². The summed E-state index contributed by atoms with van der Waals surface area (Å²) in [6.07, 6.45) is 2.50. The van der Waals surface area contributed by atoms with E-state index < -0.39 is 0 Å². The van der Waals surface area contributed by atoms with Gasteiger partial charge in [0, 0.05) is 16.4 Å². The molecule has 4 rings (SSSR count). The Bertz CT molecular complexity index is 1050. The molecule has 1 heterocycles. The number of nitrogens with zero attached hydrogens (tertiary/aromatic N) is 1. The fourth-order valence-corrected chi connectivity index (χ4v) is 6.76. The first-order chi connectivity index (χ1) is 16.0. The van der Waals surface area contributed by atoms with Gasteiger partial charge in [-0.1, -0.05) is 59.8 Å². The van der Waals surface area contributed by atoms with Gasteiger partial charge >= 0.3 is 0 Å². The van der Waals surface area contributed by atoms with Crippen LogP contribution in [0.3, 0.4) is 0 Å². The number of benzene rings is 2. The van der Waals surface area contributed by atoms with Crippen molar-refractivity contribution in [2.45, 2.75) is 55.4 Å². The summed E-state index contributed by atoms with van der Waals surface area (Å²) in [6, 6.07) is 17.0. The lowest BCUT2D eigenvalue weighted by molar-refractivity contribution is -0.131. The average molecular weight is 558 g/mol. The molecule has 1 saturated carbocycles. The molecule has 33 heavy (non-hydrogen) atoms. The molecule has 2 aromatic rings. The molecule has 1 saturated heterocycles. The van der Waals surface area contributed by atoms with Crippen molar-refractivity contribution in [3.05, 3.63) is 64.7 Å². The molecule has 1 aliphatic heterocycles. The number of hydrogen-bond acceptors (Lipinski definition) is 4. The van der Waals surface area contributed by atoms with Crippen molar-refractivity contribution in [2.24, 2.45) is 11.3 Å². The minimum atomic E-state index is -0.362. The van der Waals surface area contributed by atoms with Crippen LogP contribution in [0.25, 0.3) is 0 Å². The van der Waals surface area contributed by atoms with Gasteiger partial charge in [0.05, 0.1) is 23.7 Å². The number of carbonyl (C=O) groups is 1. The normalized spacial score (nSPS) is 28.6. The summed E-state index contributed by atoms with van der Waals surface area (Å²) < 4.78 is 6.51. The Morgan fingerprint density at radius 3 is 2.67 bits per heavy atom. The number of aliphatic hydroxyl groups is 1. The Morgan fingerprint density at radius 2 is 2.03 bits per heavy atom. The number of alkyl halides is 1. The number of aliphatic hydroxyl groups excluding tert-OH is 1. The van der Waals surface area contributed by atoms with Crippen molar-refractivity contribution >= 4 is 28.5 Å². The summed E-state index contributed by atoms with van der Waals surface area (Å²) in [6.45, 7) is 4.40. The van der Waals surface area contributed by atoms with Gasteiger partial charge < -0.3 is 15.2 Å². The van der Waals surface area contributed by atoms with Crippen molar-refractivity contribution in [3.8, 4) is 11.8 Å². The fraction of sp³-hybridized carbons (Fsp3) is 0.481. The van der Waals surface area contributed by atoms with Crippen molar-refractivity contribution in [2.75, 3.05) is 13.2 Å². The molecule has 1 aliphatic carbocycles. The Kier molecular flexibility index (Phi) is 7.30. The molecule has 1 amide bonds. The van der Waals surface area contributed by atoms with Crippen LogP contribution in [0.15, 0.2) is 42.5 Å². The molecule has 0 spiro atoms. The summed E-state index contributed by atoms with van der Waals surface area (Å²) in [5.74, 6) is 1.21. The number of nitrogens with one attached hydrogen (secondary N) is 1. The lowest BCUT2D eigenvalue weighted by Gasteiger charge is -2.47. The highest BCUT2D eigenvalue weighted by molar-refractivity contribution is 14.1. The van der Waals surface area contributed by atoms with Gasteiger partial charge in [0.15, 0.2) is 0 Å². The number of carbonyl (C=O) groups excluding carboxylic acids is 1. The maximum Gasteiger partial charge on any atom is 0.226 e. The van der Waals surface area contributed by atoms with Crippen LogP contribution < -0.4 is 10.1 Å². The number of hydrogen-bond donors (Lipinski definition) is 2. The number of rotatable bonds is 7. The first-order valence-electron chi connectivity index (χ1n) is 11.7.